The van der Waals surface area contributed by atoms with Crippen molar-refractivity contribution < 1.29 is 9.53 Å². The van der Waals surface area contributed by atoms with Crippen LogP contribution in [0.4, 0.5) is 5.69 Å². The smallest absolute Gasteiger partial charge is 0.238 e. The summed E-state index contributed by atoms with van der Waals surface area (Å²) in [6.45, 7) is 0.451. The molecule has 3 nitrogen and oxygen atoms in total. The zero-order valence-corrected chi connectivity index (χ0v) is 16.9. The second-order valence-corrected chi connectivity index (χ2v) is 8.06. The molecule has 0 saturated heterocycles. The minimum Gasteiger partial charge on any atom is -0.489 e. The predicted molar refractivity (Wildman–Crippen MR) is 113 cm³/mol. The molecule has 1 atom stereocenters. The van der Waals surface area contributed by atoms with Gasteiger partial charge in [0.15, 0.2) is 0 Å². The fraction of sp³-hybridized carbons (Fsp3) is 0.136. The van der Waals surface area contributed by atoms with Crippen molar-refractivity contribution >= 4 is 39.3 Å². The van der Waals surface area contributed by atoms with Crippen molar-refractivity contribution in [3.05, 3.63) is 88.9 Å². The van der Waals surface area contributed by atoms with Gasteiger partial charge in [-0.1, -0.05) is 54.6 Å². The lowest BCUT2D eigenvalue weighted by molar-refractivity contribution is -0.117. The van der Waals surface area contributed by atoms with E-state index in [0.29, 0.717) is 12.4 Å². The average Bonchev–Trinajstić information content (AvgIpc) is 2.72. The van der Waals surface area contributed by atoms with Gasteiger partial charge in [-0.05, 0) is 45.8 Å². The molecular formula is C22H18BrNO2S. The van der Waals surface area contributed by atoms with E-state index in [1.165, 1.54) is 0 Å². The van der Waals surface area contributed by atoms with Crippen LogP contribution in [0.15, 0.2) is 88.2 Å². The fourth-order valence-corrected chi connectivity index (χ4v) is 4.62. The number of carbonyl (C=O) groups is 1. The zero-order chi connectivity index (χ0) is 18.6. The number of amides is 1. The molecule has 136 valence electrons. The molecule has 0 bridgehead atoms. The van der Waals surface area contributed by atoms with Gasteiger partial charge in [-0.25, -0.2) is 0 Å². The van der Waals surface area contributed by atoms with E-state index in [9.17, 15) is 4.79 Å². The lowest BCUT2D eigenvalue weighted by Gasteiger charge is -2.37. The molecule has 0 spiro atoms. The largest absolute Gasteiger partial charge is 0.489 e. The van der Waals surface area contributed by atoms with Crippen molar-refractivity contribution in [2.75, 3.05) is 17.3 Å². The zero-order valence-electron chi connectivity index (χ0n) is 14.5. The van der Waals surface area contributed by atoms with Gasteiger partial charge in [0.2, 0.25) is 5.91 Å². The Morgan fingerprint density at radius 3 is 2.52 bits per heavy atom. The highest BCUT2D eigenvalue weighted by Crippen LogP contribution is 2.40. The molecule has 5 heteroatoms. The summed E-state index contributed by atoms with van der Waals surface area (Å²) in [5.41, 5.74) is 1.90. The van der Waals surface area contributed by atoms with Gasteiger partial charge in [0.1, 0.15) is 12.4 Å². The molecule has 0 radical (unpaired) electrons. The summed E-state index contributed by atoms with van der Waals surface area (Å²) in [5.74, 6) is 1.18. The number of hydrogen-bond acceptors (Lipinski definition) is 3. The van der Waals surface area contributed by atoms with Crippen molar-refractivity contribution in [2.24, 2.45) is 0 Å². The molecule has 0 fully saturated rings. The van der Waals surface area contributed by atoms with E-state index < -0.39 is 0 Å². The Kier molecular flexibility index (Phi) is 5.50. The molecule has 1 aliphatic heterocycles. The van der Waals surface area contributed by atoms with Gasteiger partial charge < -0.3 is 4.74 Å². The first kappa shape index (κ1) is 18.1. The first-order valence-corrected chi connectivity index (χ1v) is 10.5. The summed E-state index contributed by atoms with van der Waals surface area (Å²) in [6, 6.07) is 25.6. The van der Waals surface area contributed by atoms with E-state index in [2.05, 4.69) is 15.9 Å². The molecule has 4 rings (SSSR count). The highest BCUT2D eigenvalue weighted by Gasteiger charge is 2.33. The predicted octanol–water partition coefficient (Wildman–Crippen LogP) is 5.71. The molecule has 1 amide bonds. The van der Waals surface area contributed by atoms with Gasteiger partial charge >= 0.3 is 0 Å². The second-order valence-electron chi connectivity index (χ2n) is 6.19. The topological polar surface area (TPSA) is 29.5 Å². The van der Waals surface area contributed by atoms with Gasteiger partial charge in [-0.15, -0.1) is 11.8 Å². The minimum absolute atomic E-state index is 0.0698. The van der Waals surface area contributed by atoms with Gasteiger partial charge in [0, 0.05) is 9.37 Å². The number of anilines is 1. The summed E-state index contributed by atoms with van der Waals surface area (Å²) in [4.78, 5) is 16.2. The molecule has 3 aromatic rings. The summed E-state index contributed by atoms with van der Waals surface area (Å²) in [5, 5.41) is 0. The monoisotopic (exact) mass is 439 g/mol. The number of carbonyl (C=O) groups excluding carboxylic acids is 1. The van der Waals surface area contributed by atoms with Crippen LogP contribution in [0.3, 0.4) is 0 Å². The number of benzene rings is 3. The first-order valence-electron chi connectivity index (χ1n) is 8.70. The van der Waals surface area contributed by atoms with Crippen LogP contribution in [0.1, 0.15) is 11.6 Å². The third-order valence-electron chi connectivity index (χ3n) is 4.47. The summed E-state index contributed by atoms with van der Waals surface area (Å²) in [6.07, 6.45) is 0. The van der Waals surface area contributed by atoms with Crippen molar-refractivity contribution in [3.8, 4) is 5.75 Å². The number of fused-ring (bicyclic) bond motifs is 1. The Balaban J connectivity index is 1.63. The molecule has 0 aliphatic carbocycles. The number of para-hydroxylation sites is 2. The maximum atomic E-state index is 13.3. The van der Waals surface area contributed by atoms with Gasteiger partial charge in [0.05, 0.1) is 17.5 Å². The Hall–Kier alpha value is -2.24. The Bertz CT molecular complexity index is 948. The first-order chi connectivity index (χ1) is 13.2. The van der Waals surface area contributed by atoms with Crippen LogP contribution in [0.25, 0.3) is 0 Å². The molecule has 27 heavy (non-hydrogen) atoms. The minimum atomic E-state index is -0.131. The maximum Gasteiger partial charge on any atom is 0.238 e. The molecular weight excluding hydrogens is 422 g/mol. The van der Waals surface area contributed by atoms with Crippen molar-refractivity contribution in [1.29, 1.82) is 0 Å². The third kappa shape index (κ3) is 3.89. The standard InChI is InChI=1S/C22H18BrNO2S/c23-17-10-4-7-13-21(17)27-15-22(25)24-18-11-5-6-12-20(18)26-14-19(24)16-8-2-1-3-9-16/h1-13,19H,14-15H2. The van der Waals surface area contributed by atoms with Crippen LogP contribution in [0.2, 0.25) is 0 Å². The molecule has 1 aliphatic rings. The summed E-state index contributed by atoms with van der Waals surface area (Å²) >= 11 is 5.09. The van der Waals surface area contributed by atoms with Crippen molar-refractivity contribution in [1.82, 2.24) is 0 Å². The number of ether oxygens (including phenoxy) is 1. The summed E-state index contributed by atoms with van der Waals surface area (Å²) < 4.78 is 6.95. The van der Waals surface area contributed by atoms with E-state index in [0.717, 1.165) is 26.4 Å². The van der Waals surface area contributed by atoms with Crippen LogP contribution in [0, 0.1) is 0 Å². The average molecular weight is 440 g/mol. The Labute approximate surface area is 171 Å². The van der Waals surface area contributed by atoms with E-state index in [1.54, 1.807) is 11.8 Å². The van der Waals surface area contributed by atoms with E-state index in [-0.39, 0.29) is 11.9 Å². The number of halogens is 1. The quantitative estimate of drug-likeness (QED) is 0.487. The number of hydrogen-bond donors (Lipinski definition) is 0. The number of rotatable bonds is 4. The molecule has 0 N–H and O–H groups in total. The molecule has 1 unspecified atom stereocenters. The lowest BCUT2D eigenvalue weighted by atomic mass is 10.0. The van der Waals surface area contributed by atoms with Gasteiger partial charge in [0.25, 0.3) is 0 Å². The second kappa shape index (κ2) is 8.19. The van der Waals surface area contributed by atoms with Crippen LogP contribution in [0.5, 0.6) is 5.75 Å². The maximum absolute atomic E-state index is 13.3. The highest BCUT2D eigenvalue weighted by molar-refractivity contribution is 9.10. The third-order valence-corrected chi connectivity index (χ3v) is 6.49. The Morgan fingerprint density at radius 2 is 1.70 bits per heavy atom. The van der Waals surface area contributed by atoms with E-state index >= 15 is 0 Å². The van der Waals surface area contributed by atoms with Gasteiger partial charge in [-0.3, -0.25) is 9.69 Å². The van der Waals surface area contributed by atoms with Crippen LogP contribution < -0.4 is 9.64 Å². The fourth-order valence-electron chi connectivity index (χ4n) is 3.19. The SMILES string of the molecule is O=C(CSc1ccccc1Br)N1c2ccccc2OCC1c1ccccc1. The molecule has 0 aromatic heterocycles. The van der Waals surface area contributed by atoms with E-state index in [1.807, 2.05) is 83.8 Å². The van der Waals surface area contributed by atoms with Crippen LogP contribution >= 0.6 is 27.7 Å². The lowest BCUT2D eigenvalue weighted by Crippen LogP contribution is -2.42. The van der Waals surface area contributed by atoms with Crippen LogP contribution in [-0.2, 0) is 4.79 Å². The van der Waals surface area contributed by atoms with Gasteiger partial charge in [-0.2, -0.15) is 0 Å². The van der Waals surface area contributed by atoms with E-state index in [4.69, 9.17) is 4.74 Å². The molecule has 3 aromatic carbocycles. The molecule has 0 saturated carbocycles. The van der Waals surface area contributed by atoms with Crippen molar-refractivity contribution in [3.63, 3.8) is 0 Å². The normalized spacial score (nSPS) is 15.7. The van der Waals surface area contributed by atoms with Crippen LogP contribution in [-0.4, -0.2) is 18.3 Å². The molecule has 1 heterocycles. The number of nitrogens with zero attached hydrogens (tertiary/aromatic N) is 1. The van der Waals surface area contributed by atoms with Crippen molar-refractivity contribution in [2.45, 2.75) is 10.9 Å². The number of thioether (sulfide) groups is 1. The highest BCUT2D eigenvalue weighted by atomic mass is 79.9. The Morgan fingerprint density at radius 1 is 1.00 bits per heavy atom. The summed E-state index contributed by atoms with van der Waals surface area (Å²) in [7, 11) is 0.